The van der Waals surface area contributed by atoms with Crippen LogP contribution in [-0.2, 0) is 6.42 Å². The lowest BCUT2D eigenvalue weighted by Crippen LogP contribution is -1.94. The van der Waals surface area contributed by atoms with Crippen LogP contribution in [0.15, 0.2) is 52.4 Å². The number of ether oxygens (including phenoxy) is 2. The molecule has 0 atom stereocenters. The average Bonchev–Trinajstić information content (AvgIpc) is 3.33. The van der Waals surface area contributed by atoms with Crippen LogP contribution in [0.2, 0.25) is 0 Å². The Balaban J connectivity index is 1.31. The van der Waals surface area contributed by atoms with Crippen LogP contribution < -0.4 is 9.47 Å². The van der Waals surface area contributed by atoms with Crippen LogP contribution in [0.25, 0.3) is 22.6 Å². The quantitative estimate of drug-likeness (QED) is 0.402. The van der Waals surface area contributed by atoms with Crippen LogP contribution in [0.4, 0.5) is 0 Å². The molecule has 0 bridgehead atoms. The van der Waals surface area contributed by atoms with Crippen LogP contribution in [0.1, 0.15) is 35.2 Å². The van der Waals surface area contributed by atoms with E-state index in [1.165, 1.54) is 17.8 Å². The van der Waals surface area contributed by atoms with Crippen molar-refractivity contribution in [2.45, 2.75) is 25.2 Å². The van der Waals surface area contributed by atoms with Gasteiger partial charge in [0.25, 0.3) is 0 Å². The fraction of sp³-hybridized carbons (Fsp3) is 0.261. The monoisotopic (exact) mass is 419 g/mol. The second kappa shape index (κ2) is 7.91. The van der Waals surface area contributed by atoms with Crippen molar-refractivity contribution in [2.24, 2.45) is 0 Å². The maximum Gasteiger partial charge on any atom is 0.231 e. The molecule has 0 amide bonds. The molecule has 0 N–H and O–H groups in total. The lowest BCUT2D eigenvalue weighted by Gasteiger charge is -2.08. The standard InChI is InChI=1S/C23H21N3O3S/c1-27-19-10-3-14(11-20(19)28-2)12-21-25-22(26-29-21)16-6-4-15(5-7-16)18-13-30-23(24-18)17-8-9-17/h3-7,10-11,13,17H,8-9,12H2,1-2H3. The fourth-order valence-corrected chi connectivity index (χ4v) is 4.34. The van der Waals surface area contributed by atoms with Gasteiger partial charge in [-0.25, -0.2) is 4.98 Å². The molecule has 7 heteroatoms. The van der Waals surface area contributed by atoms with Gasteiger partial charge in [0.1, 0.15) is 0 Å². The van der Waals surface area contributed by atoms with E-state index in [4.69, 9.17) is 19.0 Å². The molecule has 152 valence electrons. The Morgan fingerprint density at radius 1 is 0.967 bits per heavy atom. The van der Waals surface area contributed by atoms with Crippen LogP contribution in [0, 0.1) is 0 Å². The summed E-state index contributed by atoms with van der Waals surface area (Å²) in [7, 11) is 3.24. The highest BCUT2D eigenvalue weighted by Crippen LogP contribution is 2.42. The highest BCUT2D eigenvalue weighted by molar-refractivity contribution is 7.10. The first kappa shape index (κ1) is 18.8. The molecule has 0 saturated heterocycles. The second-order valence-corrected chi connectivity index (χ2v) is 8.19. The smallest absolute Gasteiger partial charge is 0.231 e. The summed E-state index contributed by atoms with van der Waals surface area (Å²) in [6.07, 6.45) is 3.07. The Morgan fingerprint density at radius 2 is 1.73 bits per heavy atom. The molecule has 1 saturated carbocycles. The van der Waals surface area contributed by atoms with Crippen molar-refractivity contribution in [3.63, 3.8) is 0 Å². The van der Waals surface area contributed by atoms with Gasteiger partial charge in [0.15, 0.2) is 11.5 Å². The van der Waals surface area contributed by atoms with Crippen LogP contribution in [0.3, 0.4) is 0 Å². The zero-order valence-corrected chi connectivity index (χ0v) is 17.6. The summed E-state index contributed by atoms with van der Waals surface area (Å²) in [5.41, 5.74) is 4.07. The largest absolute Gasteiger partial charge is 0.493 e. The third kappa shape index (κ3) is 3.80. The minimum Gasteiger partial charge on any atom is -0.493 e. The number of methoxy groups -OCH3 is 2. The Morgan fingerprint density at radius 3 is 2.47 bits per heavy atom. The van der Waals surface area contributed by atoms with E-state index in [0.717, 1.165) is 22.4 Å². The number of hydrogen-bond acceptors (Lipinski definition) is 7. The molecule has 2 aromatic carbocycles. The molecule has 0 unspecified atom stereocenters. The summed E-state index contributed by atoms with van der Waals surface area (Å²) < 4.78 is 16.1. The molecule has 5 rings (SSSR count). The van der Waals surface area contributed by atoms with Crippen LogP contribution >= 0.6 is 11.3 Å². The molecule has 1 fully saturated rings. The van der Waals surface area contributed by atoms with Gasteiger partial charge >= 0.3 is 0 Å². The lowest BCUT2D eigenvalue weighted by atomic mass is 10.1. The van der Waals surface area contributed by atoms with Gasteiger partial charge in [-0.3, -0.25) is 0 Å². The maximum absolute atomic E-state index is 5.46. The zero-order chi connectivity index (χ0) is 20.5. The number of aromatic nitrogens is 3. The van der Waals surface area contributed by atoms with Gasteiger partial charge in [0.2, 0.25) is 11.7 Å². The van der Waals surface area contributed by atoms with Gasteiger partial charge in [-0.1, -0.05) is 35.5 Å². The van der Waals surface area contributed by atoms with E-state index in [2.05, 4.69) is 27.7 Å². The number of rotatable bonds is 7. The Labute approximate surface area is 178 Å². The van der Waals surface area contributed by atoms with Gasteiger partial charge in [-0.15, -0.1) is 11.3 Å². The van der Waals surface area contributed by atoms with Crippen molar-refractivity contribution in [3.8, 4) is 34.1 Å². The van der Waals surface area contributed by atoms with E-state index in [0.29, 0.717) is 35.6 Å². The molecule has 0 radical (unpaired) electrons. The van der Waals surface area contributed by atoms with Gasteiger partial charge in [-0.2, -0.15) is 4.98 Å². The number of nitrogens with zero attached hydrogens (tertiary/aromatic N) is 3. The molecule has 0 spiro atoms. The zero-order valence-electron chi connectivity index (χ0n) is 16.8. The topological polar surface area (TPSA) is 70.3 Å². The van der Waals surface area contributed by atoms with E-state index in [1.54, 1.807) is 25.6 Å². The van der Waals surface area contributed by atoms with E-state index >= 15 is 0 Å². The van der Waals surface area contributed by atoms with Crippen molar-refractivity contribution < 1.29 is 14.0 Å². The molecule has 1 aliphatic rings. The first-order valence-corrected chi connectivity index (χ1v) is 10.7. The van der Waals surface area contributed by atoms with Crippen LogP contribution in [0.5, 0.6) is 11.5 Å². The average molecular weight is 420 g/mol. The van der Waals surface area contributed by atoms with Gasteiger partial charge in [0.05, 0.1) is 31.3 Å². The highest BCUT2D eigenvalue weighted by Gasteiger charge is 2.26. The lowest BCUT2D eigenvalue weighted by molar-refractivity contribution is 0.354. The van der Waals surface area contributed by atoms with Gasteiger partial charge in [-0.05, 0) is 30.5 Å². The highest BCUT2D eigenvalue weighted by atomic mass is 32.1. The summed E-state index contributed by atoms with van der Waals surface area (Å²) in [4.78, 5) is 9.32. The molecule has 2 aromatic heterocycles. The molecule has 2 heterocycles. The molecule has 30 heavy (non-hydrogen) atoms. The fourth-order valence-electron chi connectivity index (χ4n) is 3.34. The van der Waals surface area contributed by atoms with E-state index in [9.17, 15) is 0 Å². The molecular weight excluding hydrogens is 398 g/mol. The Bertz CT molecular complexity index is 1160. The number of thiazole rings is 1. The van der Waals surface area contributed by atoms with E-state index < -0.39 is 0 Å². The van der Waals surface area contributed by atoms with Crippen LogP contribution in [-0.4, -0.2) is 29.3 Å². The summed E-state index contributed by atoms with van der Waals surface area (Å²) in [6, 6.07) is 13.9. The van der Waals surface area contributed by atoms with Gasteiger partial charge < -0.3 is 14.0 Å². The Kier molecular flexibility index (Phi) is 4.96. The molecule has 0 aliphatic heterocycles. The van der Waals surface area contributed by atoms with Crippen molar-refractivity contribution in [2.75, 3.05) is 14.2 Å². The number of hydrogen-bond donors (Lipinski definition) is 0. The van der Waals surface area contributed by atoms with Crippen molar-refractivity contribution >= 4 is 11.3 Å². The minimum absolute atomic E-state index is 0.522. The maximum atomic E-state index is 5.46. The van der Waals surface area contributed by atoms with Crippen molar-refractivity contribution in [1.29, 1.82) is 0 Å². The van der Waals surface area contributed by atoms with Crippen molar-refractivity contribution in [1.82, 2.24) is 15.1 Å². The Hall–Kier alpha value is -3.19. The summed E-state index contributed by atoms with van der Waals surface area (Å²) >= 11 is 1.76. The minimum atomic E-state index is 0.522. The van der Waals surface area contributed by atoms with Gasteiger partial charge in [0, 0.05) is 22.4 Å². The summed E-state index contributed by atoms with van der Waals surface area (Å²) in [5, 5.41) is 7.53. The summed E-state index contributed by atoms with van der Waals surface area (Å²) in [6.45, 7) is 0. The number of benzene rings is 2. The molecule has 6 nitrogen and oxygen atoms in total. The third-order valence-electron chi connectivity index (χ3n) is 5.16. The predicted molar refractivity (Wildman–Crippen MR) is 115 cm³/mol. The van der Waals surface area contributed by atoms with Crippen molar-refractivity contribution in [3.05, 3.63) is 64.3 Å². The predicted octanol–water partition coefficient (Wildman–Crippen LogP) is 5.35. The molecule has 1 aliphatic carbocycles. The first-order valence-electron chi connectivity index (χ1n) is 9.83. The molecule has 4 aromatic rings. The summed E-state index contributed by atoms with van der Waals surface area (Å²) in [5.74, 6) is 3.18. The van der Waals surface area contributed by atoms with E-state index in [-0.39, 0.29) is 0 Å². The van der Waals surface area contributed by atoms with E-state index in [1.807, 2.05) is 30.3 Å². The second-order valence-electron chi connectivity index (χ2n) is 7.30. The first-order chi connectivity index (χ1) is 14.7. The SMILES string of the molecule is COc1ccc(Cc2nc(-c3ccc(-c4csc(C5CC5)n4)cc3)no2)cc1OC. The molecular formula is C23H21N3O3S. The third-order valence-corrected chi connectivity index (χ3v) is 6.17. The normalized spacial score (nSPS) is 13.4.